The lowest BCUT2D eigenvalue weighted by atomic mass is 10.1. The highest BCUT2D eigenvalue weighted by Crippen LogP contribution is 2.33. The predicted octanol–water partition coefficient (Wildman–Crippen LogP) is 2.18. The minimum Gasteiger partial charge on any atom is -0.379 e. The van der Waals surface area contributed by atoms with Crippen molar-refractivity contribution < 1.29 is 14.4 Å². The van der Waals surface area contributed by atoms with Gasteiger partial charge in [0.25, 0.3) is 5.69 Å². The molecular formula is C23H27N5O4. The summed E-state index contributed by atoms with van der Waals surface area (Å²) in [5.74, 6) is 0.882. The lowest BCUT2D eigenvalue weighted by Crippen LogP contribution is -2.60. The molecule has 3 heterocycles. The molecule has 9 heteroatoms. The van der Waals surface area contributed by atoms with E-state index in [1.54, 1.807) is 12.1 Å². The molecule has 0 spiro atoms. The third-order valence-corrected chi connectivity index (χ3v) is 6.22. The van der Waals surface area contributed by atoms with E-state index in [-0.39, 0.29) is 22.9 Å². The van der Waals surface area contributed by atoms with Crippen LogP contribution >= 0.6 is 0 Å². The molecule has 0 radical (unpaired) electrons. The monoisotopic (exact) mass is 437 g/mol. The third kappa shape index (κ3) is 4.12. The Hall–Kier alpha value is -2.85. The normalized spacial score (nSPS) is 25.0. The summed E-state index contributed by atoms with van der Waals surface area (Å²) in [6, 6.07) is 16.9. The molecule has 32 heavy (non-hydrogen) atoms. The quantitative estimate of drug-likeness (QED) is 0.524. The highest BCUT2D eigenvalue weighted by atomic mass is 16.6. The second kappa shape index (κ2) is 9.33. The number of rotatable bonds is 5. The van der Waals surface area contributed by atoms with Crippen molar-refractivity contribution in [3.63, 3.8) is 0 Å². The van der Waals surface area contributed by atoms with Gasteiger partial charge in [-0.05, 0) is 12.1 Å². The molecule has 0 N–H and O–H groups in total. The number of non-ortho nitro benzene ring substituents is 1. The zero-order valence-corrected chi connectivity index (χ0v) is 17.9. The molecule has 5 rings (SSSR count). The van der Waals surface area contributed by atoms with Gasteiger partial charge in [0.15, 0.2) is 0 Å². The maximum atomic E-state index is 11.2. The molecule has 2 saturated heterocycles. The number of ether oxygens (including phenoxy) is 2. The molecule has 2 unspecified atom stereocenters. The fourth-order valence-corrected chi connectivity index (χ4v) is 4.63. The van der Waals surface area contributed by atoms with E-state index < -0.39 is 0 Å². The molecule has 0 aromatic heterocycles. The smallest absolute Gasteiger partial charge is 0.269 e. The number of morpholine rings is 2. The molecule has 0 amide bonds. The first-order chi connectivity index (χ1) is 15.7. The third-order valence-electron chi connectivity index (χ3n) is 6.22. The minimum atomic E-state index is -0.365. The van der Waals surface area contributed by atoms with Crippen molar-refractivity contribution in [2.24, 2.45) is 4.99 Å². The van der Waals surface area contributed by atoms with Crippen molar-refractivity contribution in [3.8, 4) is 0 Å². The molecule has 9 nitrogen and oxygen atoms in total. The Morgan fingerprint density at radius 3 is 2.03 bits per heavy atom. The second-order valence-electron chi connectivity index (χ2n) is 8.09. The second-order valence-corrected chi connectivity index (χ2v) is 8.09. The predicted molar refractivity (Wildman–Crippen MR) is 121 cm³/mol. The van der Waals surface area contributed by atoms with Crippen LogP contribution in [0.4, 0.5) is 11.4 Å². The summed E-state index contributed by atoms with van der Waals surface area (Å²) in [5, 5.41) is 11.2. The van der Waals surface area contributed by atoms with Gasteiger partial charge in [-0.2, -0.15) is 0 Å². The number of hydrogen-bond acceptors (Lipinski definition) is 8. The molecule has 2 aromatic rings. The van der Waals surface area contributed by atoms with Gasteiger partial charge in [0.1, 0.15) is 18.2 Å². The van der Waals surface area contributed by atoms with E-state index in [0.29, 0.717) is 26.4 Å². The lowest BCUT2D eigenvalue weighted by molar-refractivity contribution is -0.384. The molecule has 3 aliphatic rings. The van der Waals surface area contributed by atoms with E-state index in [1.807, 2.05) is 30.3 Å². The molecule has 2 fully saturated rings. The van der Waals surface area contributed by atoms with Crippen molar-refractivity contribution in [1.29, 1.82) is 0 Å². The van der Waals surface area contributed by atoms with Gasteiger partial charge < -0.3 is 14.4 Å². The topological polar surface area (TPSA) is 83.7 Å². The zero-order chi connectivity index (χ0) is 21.9. The summed E-state index contributed by atoms with van der Waals surface area (Å²) in [7, 11) is 0. The van der Waals surface area contributed by atoms with E-state index >= 15 is 0 Å². The average Bonchev–Trinajstić information content (AvgIpc) is 3.26. The zero-order valence-electron chi connectivity index (χ0n) is 17.9. The van der Waals surface area contributed by atoms with Crippen molar-refractivity contribution >= 4 is 17.2 Å². The molecular weight excluding hydrogens is 410 g/mol. The molecule has 168 valence electrons. The first kappa shape index (κ1) is 21.0. The van der Waals surface area contributed by atoms with Crippen molar-refractivity contribution in [3.05, 3.63) is 70.3 Å². The Morgan fingerprint density at radius 2 is 1.44 bits per heavy atom. The number of benzene rings is 2. The van der Waals surface area contributed by atoms with Crippen LogP contribution in [0.25, 0.3) is 0 Å². The van der Waals surface area contributed by atoms with Crippen LogP contribution in [-0.4, -0.2) is 85.5 Å². The molecule has 3 aliphatic heterocycles. The van der Waals surface area contributed by atoms with E-state index in [0.717, 1.165) is 43.3 Å². The van der Waals surface area contributed by atoms with Crippen LogP contribution in [0.15, 0.2) is 59.6 Å². The van der Waals surface area contributed by atoms with Crippen LogP contribution in [0.3, 0.4) is 0 Å². The van der Waals surface area contributed by atoms with Gasteiger partial charge in [-0.1, -0.05) is 30.3 Å². The molecule has 0 bridgehead atoms. The fourth-order valence-electron chi connectivity index (χ4n) is 4.63. The Morgan fingerprint density at radius 1 is 0.844 bits per heavy atom. The number of nitro groups is 1. The molecule has 0 saturated carbocycles. The fraction of sp³-hybridized carbons (Fsp3) is 0.435. The minimum absolute atomic E-state index is 0.0336. The van der Waals surface area contributed by atoms with E-state index in [1.165, 1.54) is 0 Å². The van der Waals surface area contributed by atoms with Gasteiger partial charge in [0.2, 0.25) is 0 Å². The number of nitro benzene ring substituents is 1. The highest BCUT2D eigenvalue weighted by Gasteiger charge is 2.44. The van der Waals surface area contributed by atoms with Gasteiger partial charge in [0.05, 0.1) is 31.4 Å². The maximum absolute atomic E-state index is 11.2. The SMILES string of the molecule is O=[N+]([O-])c1ccc(N2C(c3ccccc3)=NC(N3CCOCC3)C2N2CCOCC2)cc1. The Labute approximate surface area is 187 Å². The summed E-state index contributed by atoms with van der Waals surface area (Å²) in [6.45, 7) is 6.03. The number of anilines is 1. The van der Waals surface area contributed by atoms with E-state index in [2.05, 4.69) is 26.8 Å². The van der Waals surface area contributed by atoms with Gasteiger partial charge in [-0.25, -0.2) is 4.99 Å². The molecule has 0 aliphatic carbocycles. The van der Waals surface area contributed by atoms with Crippen molar-refractivity contribution in [2.75, 3.05) is 57.5 Å². The van der Waals surface area contributed by atoms with Gasteiger partial charge in [-0.3, -0.25) is 19.9 Å². The van der Waals surface area contributed by atoms with E-state index in [4.69, 9.17) is 14.5 Å². The average molecular weight is 438 g/mol. The summed E-state index contributed by atoms with van der Waals surface area (Å²) >= 11 is 0. The molecule has 2 aromatic carbocycles. The van der Waals surface area contributed by atoms with Gasteiger partial charge in [0, 0.05) is 49.6 Å². The maximum Gasteiger partial charge on any atom is 0.269 e. The summed E-state index contributed by atoms with van der Waals surface area (Å²) in [6.07, 6.45) is -0.101. The number of hydrogen-bond donors (Lipinski definition) is 0. The number of nitrogens with zero attached hydrogens (tertiary/aromatic N) is 5. The largest absolute Gasteiger partial charge is 0.379 e. The van der Waals surface area contributed by atoms with Crippen LogP contribution in [0.5, 0.6) is 0 Å². The van der Waals surface area contributed by atoms with Crippen LogP contribution in [0, 0.1) is 10.1 Å². The van der Waals surface area contributed by atoms with Crippen LogP contribution in [0.2, 0.25) is 0 Å². The standard InChI is InChI=1S/C23H27N5O4/c29-28(30)20-8-6-19(7-9-20)27-21(18-4-2-1-3-5-18)24-22(25-10-14-31-15-11-25)23(27)26-12-16-32-17-13-26/h1-9,22-23H,10-17H2. The number of amidine groups is 1. The highest BCUT2D eigenvalue weighted by molar-refractivity contribution is 6.11. The van der Waals surface area contributed by atoms with Crippen LogP contribution in [0.1, 0.15) is 5.56 Å². The van der Waals surface area contributed by atoms with Crippen LogP contribution in [-0.2, 0) is 9.47 Å². The molecule has 2 atom stereocenters. The van der Waals surface area contributed by atoms with Crippen LogP contribution < -0.4 is 4.90 Å². The first-order valence-corrected chi connectivity index (χ1v) is 11.0. The first-order valence-electron chi connectivity index (χ1n) is 11.0. The number of aliphatic imine (C=N–C) groups is 1. The lowest BCUT2D eigenvalue weighted by Gasteiger charge is -2.43. The van der Waals surface area contributed by atoms with E-state index in [9.17, 15) is 10.1 Å². The van der Waals surface area contributed by atoms with Gasteiger partial charge >= 0.3 is 0 Å². The summed E-state index contributed by atoms with van der Waals surface area (Å²) in [4.78, 5) is 23.2. The Bertz CT molecular complexity index is 956. The van der Waals surface area contributed by atoms with Crippen molar-refractivity contribution in [1.82, 2.24) is 9.80 Å². The summed E-state index contributed by atoms with van der Waals surface area (Å²) < 4.78 is 11.2. The summed E-state index contributed by atoms with van der Waals surface area (Å²) in [5.41, 5.74) is 2.00. The van der Waals surface area contributed by atoms with Crippen molar-refractivity contribution in [2.45, 2.75) is 12.3 Å². The Balaban J connectivity index is 1.59. The Kier molecular flexibility index (Phi) is 6.13. The van der Waals surface area contributed by atoms with Gasteiger partial charge in [-0.15, -0.1) is 0 Å².